The molecule has 3 rings (SSSR count). The lowest BCUT2D eigenvalue weighted by molar-refractivity contribution is 0.402. The van der Waals surface area contributed by atoms with Gasteiger partial charge in [-0.05, 0) is 42.8 Å². The number of ether oxygens (including phenoxy) is 2. The highest BCUT2D eigenvalue weighted by atomic mass is 16.5. The Bertz CT molecular complexity index is 1260. The van der Waals surface area contributed by atoms with Gasteiger partial charge < -0.3 is 24.4 Å². The highest BCUT2D eigenvalue weighted by Crippen LogP contribution is 2.24. The smallest absolute Gasteiger partial charge is 0.272 e. The largest absolute Gasteiger partial charge is 0.497 e. The Balaban J connectivity index is 2.16. The molecule has 28 heavy (non-hydrogen) atoms. The van der Waals surface area contributed by atoms with E-state index >= 15 is 0 Å². The summed E-state index contributed by atoms with van der Waals surface area (Å²) in [7, 11) is 3.06. The second-order valence-corrected chi connectivity index (χ2v) is 6.08. The van der Waals surface area contributed by atoms with Gasteiger partial charge in [-0.2, -0.15) is 0 Å². The first-order chi connectivity index (χ1) is 13.4. The molecule has 0 unspecified atom stereocenters. The number of rotatable bonds is 5. The lowest BCUT2D eigenvalue weighted by Gasteiger charge is -2.06. The highest BCUT2D eigenvalue weighted by Gasteiger charge is 2.06. The quantitative estimate of drug-likeness (QED) is 0.596. The third-order valence-corrected chi connectivity index (χ3v) is 4.10. The molecule has 0 saturated carbocycles. The van der Waals surface area contributed by atoms with Crippen LogP contribution in [0.25, 0.3) is 17.7 Å². The number of allylic oxidation sites excluding steroid dienone is 1. The molecule has 0 aliphatic carbocycles. The lowest BCUT2D eigenvalue weighted by Crippen LogP contribution is -2.46. The number of aromatic nitrogens is 4. The number of methoxy groups -OCH3 is 2. The van der Waals surface area contributed by atoms with Gasteiger partial charge in [0.25, 0.3) is 11.1 Å². The molecule has 1 aromatic carbocycles. The molecule has 0 fully saturated rings. The van der Waals surface area contributed by atoms with E-state index in [1.165, 1.54) is 25.6 Å². The van der Waals surface area contributed by atoms with Crippen LogP contribution in [0.4, 0.5) is 0 Å². The molecule has 0 amide bonds. The zero-order valence-electron chi connectivity index (χ0n) is 15.8. The van der Waals surface area contributed by atoms with E-state index in [0.29, 0.717) is 28.5 Å². The molecule has 0 atom stereocenters. The molecule has 0 saturated heterocycles. The molecule has 8 nitrogen and oxygen atoms in total. The van der Waals surface area contributed by atoms with Crippen LogP contribution in [-0.4, -0.2) is 34.2 Å². The van der Waals surface area contributed by atoms with Crippen molar-refractivity contribution in [1.29, 1.82) is 0 Å². The Morgan fingerprint density at radius 3 is 2.36 bits per heavy atom. The average molecular weight is 380 g/mol. The Kier molecular flexibility index (Phi) is 5.30. The van der Waals surface area contributed by atoms with Crippen molar-refractivity contribution in [1.82, 2.24) is 19.9 Å². The van der Waals surface area contributed by atoms with E-state index in [2.05, 4.69) is 26.5 Å². The van der Waals surface area contributed by atoms with Gasteiger partial charge in [0.1, 0.15) is 22.2 Å². The Morgan fingerprint density at radius 2 is 1.75 bits per heavy atom. The zero-order valence-corrected chi connectivity index (χ0v) is 15.8. The SMILES string of the molecule is C=C(C)c1[nH]cnc1/C=c1\[nH]c(=O)/c(=C/c2cc(OC)ccc2OC)[nH]c1=O. The monoisotopic (exact) mass is 380 g/mol. The third kappa shape index (κ3) is 3.80. The van der Waals surface area contributed by atoms with Gasteiger partial charge in [-0.25, -0.2) is 4.98 Å². The summed E-state index contributed by atoms with van der Waals surface area (Å²) in [5.41, 5.74) is 1.65. The summed E-state index contributed by atoms with van der Waals surface area (Å²) in [6.45, 7) is 5.67. The van der Waals surface area contributed by atoms with Crippen molar-refractivity contribution in [3.05, 3.63) is 79.5 Å². The van der Waals surface area contributed by atoms with Crippen molar-refractivity contribution in [2.45, 2.75) is 6.92 Å². The fraction of sp³-hybridized carbons (Fsp3) is 0.150. The predicted octanol–water partition coefficient (Wildman–Crippen LogP) is 0.494. The standard InChI is InChI=1S/C20H20N4O4/c1-11(2)18-14(21-10-22-18)9-16-20(26)23-15(19(25)24-16)8-12-7-13(27-3)5-6-17(12)28-4/h5-10H,1H2,2-4H3,(H,21,22)(H,23,26)(H,24,25)/b15-8-,16-9-. The van der Waals surface area contributed by atoms with Crippen LogP contribution in [0.2, 0.25) is 0 Å². The van der Waals surface area contributed by atoms with Gasteiger partial charge in [0, 0.05) is 5.56 Å². The summed E-state index contributed by atoms with van der Waals surface area (Å²) in [6.07, 6.45) is 4.52. The lowest BCUT2D eigenvalue weighted by atomic mass is 10.1. The number of aromatic amines is 3. The molecule has 3 aromatic rings. The van der Waals surface area contributed by atoms with E-state index < -0.39 is 11.1 Å². The van der Waals surface area contributed by atoms with Crippen LogP contribution in [0.3, 0.4) is 0 Å². The molecule has 0 radical (unpaired) electrons. The van der Waals surface area contributed by atoms with Gasteiger partial charge in [-0.1, -0.05) is 6.58 Å². The van der Waals surface area contributed by atoms with Crippen LogP contribution in [0.15, 0.2) is 40.7 Å². The molecule has 8 heteroatoms. The van der Waals surface area contributed by atoms with Crippen LogP contribution in [-0.2, 0) is 0 Å². The summed E-state index contributed by atoms with van der Waals surface area (Å²) < 4.78 is 10.5. The fourth-order valence-corrected chi connectivity index (χ4v) is 2.70. The first kappa shape index (κ1) is 19.0. The number of H-pyrrole nitrogens is 3. The van der Waals surface area contributed by atoms with Crippen LogP contribution >= 0.6 is 0 Å². The minimum Gasteiger partial charge on any atom is -0.497 e. The molecule has 0 bridgehead atoms. The maximum Gasteiger partial charge on any atom is 0.272 e. The summed E-state index contributed by atoms with van der Waals surface area (Å²) >= 11 is 0. The maximum atomic E-state index is 12.5. The predicted molar refractivity (Wildman–Crippen MR) is 107 cm³/mol. The second kappa shape index (κ2) is 7.83. The minimum absolute atomic E-state index is 0.0920. The number of imidazole rings is 1. The summed E-state index contributed by atoms with van der Waals surface area (Å²) in [4.78, 5) is 37.3. The summed E-state index contributed by atoms with van der Waals surface area (Å²) in [6, 6.07) is 5.17. The topological polar surface area (TPSA) is 113 Å². The number of hydrogen-bond donors (Lipinski definition) is 3. The maximum absolute atomic E-state index is 12.5. The summed E-state index contributed by atoms with van der Waals surface area (Å²) in [5, 5.41) is 0.185. The number of nitrogens with one attached hydrogen (secondary N) is 3. The molecule has 2 aromatic heterocycles. The van der Waals surface area contributed by atoms with E-state index in [1.54, 1.807) is 25.3 Å². The van der Waals surface area contributed by atoms with Crippen LogP contribution in [0, 0.1) is 0 Å². The molecule has 0 aliphatic rings. The number of benzene rings is 1. The average Bonchev–Trinajstić information content (AvgIpc) is 3.14. The summed E-state index contributed by atoms with van der Waals surface area (Å²) in [5.74, 6) is 1.14. The van der Waals surface area contributed by atoms with Crippen molar-refractivity contribution in [3.8, 4) is 11.5 Å². The molecule has 2 heterocycles. The molecule has 0 spiro atoms. The van der Waals surface area contributed by atoms with E-state index in [9.17, 15) is 9.59 Å². The van der Waals surface area contributed by atoms with Crippen LogP contribution in [0.1, 0.15) is 23.9 Å². The highest BCUT2D eigenvalue weighted by molar-refractivity contribution is 5.66. The van der Waals surface area contributed by atoms with E-state index in [4.69, 9.17) is 9.47 Å². The molecule has 144 valence electrons. The van der Waals surface area contributed by atoms with Crippen molar-refractivity contribution in [2.75, 3.05) is 14.2 Å². The van der Waals surface area contributed by atoms with Gasteiger partial charge in [-0.15, -0.1) is 0 Å². The molecule has 3 N–H and O–H groups in total. The fourth-order valence-electron chi connectivity index (χ4n) is 2.70. The van der Waals surface area contributed by atoms with Crippen molar-refractivity contribution in [3.63, 3.8) is 0 Å². The Morgan fingerprint density at radius 1 is 1.07 bits per heavy atom. The van der Waals surface area contributed by atoms with Gasteiger partial charge in [-0.3, -0.25) is 9.59 Å². The van der Waals surface area contributed by atoms with E-state index in [1.807, 2.05) is 6.92 Å². The van der Waals surface area contributed by atoms with Crippen LogP contribution < -0.4 is 31.3 Å². The number of hydrogen-bond acceptors (Lipinski definition) is 5. The van der Waals surface area contributed by atoms with Gasteiger partial charge in [0.05, 0.1) is 31.9 Å². The molecular formula is C20H20N4O4. The zero-order chi connectivity index (χ0) is 20.3. The van der Waals surface area contributed by atoms with Gasteiger partial charge in [0.2, 0.25) is 0 Å². The minimum atomic E-state index is -0.455. The van der Waals surface area contributed by atoms with Crippen molar-refractivity contribution >= 4 is 17.7 Å². The Labute approximate surface area is 159 Å². The van der Waals surface area contributed by atoms with E-state index in [-0.39, 0.29) is 10.7 Å². The van der Waals surface area contributed by atoms with Crippen molar-refractivity contribution in [2.24, 2.45) is 0 Å². The first-order valence-corrected chi connectivity index (χ1v) is 8.40. The van der Waals surface area contributed by atoms with Crippen LogP contribution in [0.5, 0.6) is 11.5 Å². The van der Waals surface area contributed by atoms with E-state index in [0.717, 1.165) is 5.57 Å². The molecule has 0 aliphatic heterocycles. The second-order valence-electron chi connectivity index (χ2n) is 6.08. The Hall–Kier alpha value is -3.81. The third-order valence-electron chi connectivity index (χ3n) is 4.10. The number of nitrogens with zero attached hydrogens (tertiary/aromatic N) is 1. The normalized spacial score (nSPS) is 12.2. The molecular weight excluding hydrogens is 360 g/mol. The van der Waals surface area contributed by atoms with Crippen molar-refractivity contribution < 1.29 is 9.47 Å². The van der Waals surface area contributed by atoms with Gasteiger partial charge in [0.15, 0.2) is 0 Å². The van der Waals surface area contributed by atoms with Gasteiger partial charge >= 0.3 is 0 Å². The first-order valence-electron chi connectivity index (χ1n) is 8.40.